The molecule has 1 rings (SSSR count). The van der Waals surface area contributed by atoms with Gasteiger partial charge in [0.05, 0.1) is 6.54 Å². The molecule has 0 aromatic heterocycles. The lowest BCUT2D eigenvalue weighted by atomic mass is 10.1. The van der Waals surface area contributed by atoms with E-state index in [9.17, 15) is 9.59 Å². The van der Waals surface area contributed by atoms with Crippen LogP contribution >= 0.6 is 12.4 Å². The van der Waals surface area contributed by atoms with Crippen LogP contribution in [0.3, 0.4) is 0 Å². The first-order valence-electron chi connectivity index (χ1n) is 6.42. The van der Waals surface area contributed by atoms with Crippen LogP contribution in [0, 0.1) is 5.92 Å². The van der Waals surface area contributed by atoms with E-state index in [1.54, 1.807) is 6.92 Å². The van der Waals surface area contributed by atoms with Gasteiger partial charge < -0.3 is 16.4 Å². The first-order valence-corrected chi connectivity index (χ1v) is 6.42. The van der Waals surface area contributed by atoms with Crippen LogP contribution in [0.4, 0.5) is 0 Å². The average Bonchev–Trinajstić information content (AvgIpc) is 2.45. The Bertz CT molecular complexity index is 412. The minimum atomic E-state index is -0.267. The third kappa shape index (κ3) is 7.11. The monoisotopic (exact) mass is 299 g/mol. The van der Waals surface area contributed by atoms with E-state index in [-0.39, 0.29) is 43.2 Å². The van der Waals surface area contributed by atoms with Crippen LogP contribution in [0.25, 0.3) is 0 Å². The van der Waals surface area contributed by atoms with E-state index in [0.29, 0.717) is 6.54 Å². The molecule has 2 amide bonds. The Labute approximate surface area is 125 Å². The maximum atomic E-state index is 11.5. The molecule has 5 nitrogen and oxygen atoms in total. The van der Waals surface area contributed by atoms with Crippen LogP contribution in [0.2, 0.25) is 0 Å². The minimum Gasteiger partial charge on any atom is -0.354 e. The van der Waals surface area contributed by atoms with Gasteiger partial charge >= 0.3 is 0 Å². The molecule has 0 saturated carbocycles. The summed E-state index contributed by atoms with van der Waals surface area (Å²) in [6.07, 6.45) is 0.778. The molecule has 1 aromatic carbocycles. The maximum absolute atomic E-state index is 11.5. The zero-order valence-electron chi connectivity index (χ0n) is 11.6. The van der Waals surface area contributed by atoms with Crippen LogP contribution in [0.15, 0.2) is 30.3 Å². The molecule has 112 valence electrons. The summed E-state index contributed by atoms with van der Waals surface area (Å²) in [5, 5.41) is 5.31. The van der Waals surface area contributed by atoms with Gasteiger partial charge in [-0.25, -0.2) is 0 Å². The van der Waals surface area contributed by atoms with Crippen LogP contribution < -0.4 is 16.4 Å². The Kier molecular flexibility index (Phi) is 9.41. The van der Waals surface area contributed by atoms with Crippen LogP contribution in [-0.4, -0.2) is 31.4 Å². The number of benzene rings is 1. The number of carbonyl (C=O) groups is 2. The summed E-state index contributed by atoms with van der Waals surface area (Å²) in [5.41, 5.74) is 6.53. The number of amides is 2. The lowest BCUT2D eigenvalue weighted by Gasteiger charge is -2.10. The normalized spacial score (nSPS) is 11.1. The SMILES string of the molecule is CC(CN)C(=O)NCC(=O)NCCc1ccccc1.Cl. The third-order valence-electron chi connectivity index (χ3n) is 2.80. The molecule has 20 heavy (non-hydrogen) atoms. The van der Waals surface area contributed by atoms with Crippen molar-refractivity contribution in [3.63, 3.8) is 0 Å². The highest BCUT2D eigenvalue weighted by molar-refractivity contribution is 5.86. The van der Waals surface area contributed by atoms with Crippen molar-refractivity contribution in [1.82, 2.24) is 10.6 Å². The molecule has 0 aliphatic rings. The maximum Gasteiger partial charge on any atom is 0.239 e. The third-order valence-corrected chi connectivity index (χ3v) is 2.80. The first-order chi connectivity index (χ1) is 9.13. The van der Waals surface area contributed by atoms with Crippen molar-refractivity contribution in [1.29, 1.82) is 0 Å². The molecule has 0 spiro atoms. The summed E-state index contributed by atoms with van der Waals surface area (Å²) in [7, 11) is 0. The zero-order chi connectivity index (χ0) is 14.1. The van der Waals surface area contributed by atoms with E-state index < -0.39 is 0 Å². The van der Waals surface area contributed by atoms with Crippen LogP contribution in [-0.2, 0) is 16.0 Å². The second-order valence-electron chi connectivity index (χ2n) is 4.44. The summed E-state index contributed by atoms with van der Waals surface area (Å²) in [5.74, 6) is -0.647. The van der Waals surface area contributed by atoms with Gasteiger partial charge in [0.1, 0.15) is 0 Å². The fourth-order valence-corrected chi connectivity index (χ4v) is 1.50. The smallest absolute Gasteiger partial charge is 0.239 e. The molecule has 0 bridgehead atoms. The number of rotatable bonds is 7. The highest BCUT2D eigenvalue weighted by Gasteiger charge is 2.11. The molecule has 0 aliphatic heterocycles. The Morgan fingerprint density at radius 2 is 1.85 bits per heavy atom. The molecule has 0 heterocycles. The molecule has 0 radical (unpaired) electrons. The summed E-state index contributed by atoms with van der Waals surface area (Å²) in [4.78, 5) is 22.9. The number of carbonyl (C=O) groups excluding carboxylic acids is 2. The molecule has 1 aromatic rings. The van der Waals surface area contributed by atoms with Gasteiger partial charge in [-0.05, 0) is 12.0 Å². The van der Waals surface area contributed by atoms with Crippen molar-refractivity contribution < 1.29 is 9.59 Å². The standard InChI is InChI=1S/C14H21N3O2.ClH/c1-11(9-15)14(19)17-10-13(18)16-8-7-12-5-3-2-4-6-12;/h2-6,11H,7-10,15H2,1H3,(H,16,18)(H,17,19);1H. The largest absolute Gasteiger partial charge is 0.354 e. The highest BCUT2D eigenvalue weighted by atomic mass is 35.5. The molecule has 1 atom stereocenters. The van der Waals surface area contributed by atoms with E-state index in [0.717, 1.165) is 6.42 Å². The van der Waals surface area contributed by atoms with E-state index >= 15 is 0 Å². The van der Waals surface area contributed by atoms with Gasteiger partial charge in [0.25, 0.3) is 0 Å². The quantitative estimate of drug-likeness (QED) is 0.684. The van der Waals surface area contributed by atoms with E-state index in [4.69, 9.17) is 5.73 Å². The van der Waals surface area contributed by atoms with Crippen molar-refractivity contribution in [2.24, 2.45) is 11.7 Å². The Morgan fingerprint density at radius 1 is 1.20 bits per heavy atom. The number of halogens is 1. The molecule has 0 saturated heterocycles. The van der Waals surface area contributed by atoms with E-state index in [2.05, 4.69) is 10.6 Å². The zero-order valence-corrected chi connectivity index (χ0v) is 12.4. The summed E-state index contributed by atoms with van der Waals surface area (Å²) >= 11 is 0. The van der Waals surface area contributed by atoms with Gasteiger partial charge in [-0.3, -0.25) is 9.59 Å². The Morgan fingerprint density at radius 3 is 2.45 bits per heavy atom. The fraction of sp³-hybridized carbons (Fsp3) is 0.429. The molecular formula is C14H22ClN3O2. The van der Waals surface area contributed by atoms with Gasteiger partial charge in [0.15, 0.2) is 0 Å². The lowest BCUT2D eigenvalue weighted by molar-refractivity contribution is -0.128. The van der Waals surface area contributed by atoms with Crippen molar-refractivity contribution in [3.05, 3.63) is 35.9 Å². The topological polar surface area (TPSA) is 84.2 Å². The molecule has 0 aliphatic carbocycles. The second-order valence-corrected chi connectivity index (χ2v) is 4.44. The van der Waals surface area contributed by atoms with Crippen LogP contribution in [0.5, 0.6) is 0 Å². The van der Waals surface area contributed by atoms with Crippen molar-refractivity contribution in [3.8, 4) is 0 Å². The van der Waals surface area contributed by atoms with Gasteiger partial charge in [-0.2, -0.15) is 0 Å². The lowest BCUT2D eigenvalue weighted by Crippen LogP contribution is -2.41. The summed E-state index contributed by atoms with van der Waals surface area (Å²) < 4.78 is 0. The molecular weight excluding hydrogens is 278 g/mol. The Balaban J connectivity index is 0.00000361. The fourth-order valence-electron chi connectivity index (χ4n) is 1.50. The van der Waals surface area contributed by atoms with E-state index in [1.807, 2.05) is 30.3 Å². The number of hydrogen-bond acceptors (Lipinski definition) is 3. The number of nitrogens with one attached hydrogen (secondary N) is 2. The van der Waals surface area contributed by atoms with Crippen molar-refractivity contribution >= 4 is 24.2 Å². The van der Waals surface area contributed by atoms with E-state index in [1.165, 1.54) is 5.56 Å². The van der Waals surface area contributed by atoms with Crippen molar-refractivity contribution in [2.45, 2.75) is 13.3 Å². The number of hydrogen-bond donors (Lipinski definition) is 3. The predicted octanol–water partition coefficient (Wildman–Crippen LogP) is 0.478. The first kappa shape index (κ1) is 18.4. The minimum absolute atomic E-state index is 0. The predicted molar refractivity (Wildman–Crippen MR) is 81.6 cm³/mol. The van der Waals surface area contributed by atoms with Crippen LogP contribution in [0.1, 0.15) is 12.5 Å². The van der Waals surface area contributed by atoms with Gasteiger partial charge in [0, 0.05) is 19.0 Å². The molecule has 6 heteroatoms. The Hall–Kier alpha value is -1.59. The molecule has 1 unspecified atom stereocenters. The summed E-state index contributed by atoms with van der Waals surface area (Å²) in [6.45, 7) is 2.56. The molecule has 0 fully saturated rings. The highest BCUT2D eigenvalue weighted by Crippen LogP contribution is 1.97. The number of nitrogens with two attached hydrogens (primary N) is 1. The summed E-state index contributed by atoms with van der Waals surface area (Å²) in [6, 6.07) is 9.90. The second kappa shape index (κ2) is 10.2. The average molecular weight is 300 g/mol. The van der Waals surface area contributed by atoms with Gasteiger partial charge in [-0.1, -0.05) is 37.3 Å². The molecule has 4 N–H and O–H groups in total. The van der Waals surface area contributed by atoms with Crippen molar-refractivity contribution in [2.75, 3.05) is 19.6 Å². The van der Waals surface area contributed by atoms with Gasteiger partial charge in [0.2, 0.25) is 11.8 Å². The van der Waals surface area contributed by atoms with Gasteiger partial charge in [-0.15, -0.1) is 12.4 Å².